The average Bonchev–Trinajstić information content (AvgIpc) is 2.37. The molecule has 4 heteroatoms. The monoisotopic (exact) mass is 328 g/mol. The van der Waals surface area contributed by atoms with E-state index in [1.807, 2.05) is 6.07 Å². The summed E-state index contributed by atoms with van der Waals surface area (Å²) in [5.41, 5.74) is 1.28. The van der Waals surface area contributed by atoms with Gasteiger partial charge in [-0.25, -0.2) is 0 Å². The summed E-state index contributed by atoms with van der Waals surface area (Å²) in [6.45, 7) is 4.41. The number of nitrogens with zero attached hydrogens (tertiary/aromatic N) is 1. The summed E-state index contributed by atoms with van der Waals surface area (Å²) in [6.07, 6.45) is 2.44. The second-order valence-corrected chi connectivity index (χ2v) is 5.93. The Bertz CT molecular complexity index is 382. The van der Waals surface area contributed by atoms with Crippen molar-refractivity contribution in [2.24, 2.45) is 0 Å². The molecule has 0 amide bonds. The number of unbranched alkanes of at least 4 members (excludes halogenated alkanes) is 1. The van der Waals surface area contributed by atoms with Gasteiger partial charge in [0.15, 0.2) is 0 Å². The zero-order valence-electron chi connectivity index (χ0n) is 12.4. The van der Waals surface area contributed by atoms with E-state index in [9.17, 15) is 0 Å². The van der Waals surface area contributed by atoms with Gasteiger partial charge in [-0.2, -0.15) is 0 Å². The first-order chi connectivity index (χ1) is 9.04. The van der Waals surface area contributed by atoms with Crippen molar-refractivity contribution in [3.63, 3.8) is 0 Å². The molecule has 1 atom stereocenters. The van der Waals surface area contributed by atoms with E-state index >= 15 is 0 Å². The molecule has 3 nitrogen and oxygen atoms in total. The van der Waals surface area contributed by atoms with Crippen LogP contribution in [0.5, 0.6) is 5.75 Å². The van der Waals surface area contributed by atoms with Gasteiger partial charge in [0.05, 0.1) is 11.6 Å². The summed E-state index contributed by atoms with van der Waals surface area (Å²) < 4.78 is 6.25. The van der Waals surface area contributed by atoms with Crippen molar-refractivity contribution in [3.8, 4) is 5.75 Å². The molecule has 0 radical (unpaired) electrons. The van der Waals surface area contributed by atoms with Gasteiger partial charge < -0.3 is 15.0 Å². The van der Waals surface area contributed by atoms with Gasteiger partial charge in [-0.1, -0.05) is 6.07 Å². The SMILES string of the molecule is COc1ccc(C(C)NCCCCN(C)C)cc1Br. The zero-order chi connectivity index (χ0) is 14.3. The van der Waals surface area contributed by atoms with Crippen LogP contribution in [-0.4, -0.2) is 39.2 Å². The van der Waals surface area contributed by atoms with Crippen molar-refractivity contribution in [2.75, 3.05) is 34.3 Å². The van der Waals surface area contributed by atoms with Gasteiger partial charge in [-0.15, -0.1) is 0 Å². The number of hydrogen-bond acceptors (Lipinski definition) is 3. The predicted octanol–water partition coefficient (Wildman–Crippen LogP) is 3.45. The number of nitrogens with one attached hydrogen (secondary N) is 1. The fourth-order valence-corrected chi connectivity index (χ4v) is 2.50. The fraction of sp³-hybridized carbons (Fsp3) is 0.600. The summed E-state index contributed by atoms with van der Waals surface area (Å²) in [4.78, 5) is 2.23. The molecule has 1 N–H and O–H groups in total. The second kappa shape index (κ2) is 8.56. The molecule has 0 saturated carbocycles. The summed E-state index contributed by atoms with van der Waals surface area (Å²) in [5, 5.41) is 3.56. The highest BCUT2D eigenvalue weighted by molar-refractivity contribution is 9.10. The summed E-state index contributed by atoms with van der Waals surface area (Å²) in [6, 6.07) is 6.60. The molecule has 0 aliphatic carbocycles. The first kappa shape index (κ1) is 16.5. The van der Waals surface area contributed by atoms with Gasteiger partial charge in [-0.3, -0.25) is 0 Å². The lowest BCUT2D eigenvalue weighted by Crippen LogP contribution is -2.21. The Balaban J connectivity index is 2.37. The van der Waals surface area contributed by atoms with E-state index in [2.05, 4.69) is 59.3 Å². The van der Waals surface area contributed by atoms with Gasteiger partial charge in [0.25, 0.3) is 0 Å². The Morgan fingerprint density at radius 3 is 2.63 bits per heavy atom. The van der Waals surface area contributed by atoms with Crippen LogP contribution in [0, 0.1) is 0 Å². The first-order valence-electron chi connectivity index (χ1n) is 6.76. The summed E-state index contributed by atoms with van der Waals surface area (Å²) in [5.74, 6) is 0.877. The Hall–Kier alpha value is -0.580. The van der Waals surface area contributed by atoms with Crippen LogP contribution in [0.3, 0.4) is 0 Å². The Morgan fingerprint density at radius 1 is 1.32 bits per heavy atom. The van der Waals surface area contributed by atoms with Gasteiger partial charge in [-0.05, 0) is 80.6 Å². The molecule has 108 valence electrons. The van der Waals surface area contributed by atoms with E-state index < -0.39 is 0 Å². The van der Waals surface area contributed by atoms with Gasteiger partial charge in [0, 0.05) is 6.04 Å². The third-order valence-corrected chi connectivity index (χ3v) is 3.78. The van der Waals surface area contributed by atoms with Crippen LogP contribution in [0.1, 0.15) is 31.4 Å². The lowest BCUT2D eigenvalue weighted by Gasteiger charge is -2.16. The van der Waals surface area contributed by atoms with Crippen molar-refractivity contribution in [2.45, 2.75) is 25.8 Å². The Labute approximate surface area is 125 Å². The molecule has 1 rings (SSSR count). The van der Waals surface area contributed by atoms with Crippen LogP contribution < -0.4 is 10.1 Å². The molecule has 0 saturated heterocycles. The molecule has 1 aromatic rings. The van der Waals surface area contributed by atoms with Crippen LogP contribution in [0.4, 0.5) is 0 Å². The lowest BCUT2D eigenvalue weighted by atomic mass is 10.1. The fourth-order valence-electron chi connectivity index (χ4n) is 1.94. The second-order valence-electron chi connectivity index (χ2n) is 5.08. The van der Waals surface area contributed by atoms with Crippen molar-refractivity contribution in [1.29, 1.82) is 0 Å². The van der Waals surface area contributed by atoms with Crippen LogP contribution in [-0.2, 0) is 0 Å². The summed E-state index contributed by atoms with van der Waals surface area (Å²) >= 11 is 3.53. The standard InChI is InChI=1S/C15H25BrN2O/c1-12(17-9-5-6-10-18(2)3)13-7-8-15(19-4)14(16)11-13/h7-8,11-12,17H,5-6,9-10H2,1-4H3. The van der Waals surface area contributed by atoms with Gasteiger partial charge in [0.1, 0.15) is 5.75 Å². The Kier molecular flexibility index (Phi) is 7.42. The predicted molar refractivity (Wildman–Crippen MR) is 84.9 cm³/mol. The van der Waals surface area contributed by atoms with Crippen LogP contribution in [0.2, 0.25) is 0 Å². The minimum absolute atomic E-state index is 0.363. The van der Waals surface area contributed by atoms with E-state index in [0.29, 0.717) is 6.04 Å². The van der Waals surface area contributed by atoms with Crippen molar-refractivity contribution in [3.05, 3.63) is 28.2 Å². The van der Waals surface area contributed by atoms with Gasteiger partial charge >= 0.3 is 0 Å². The smallest absolute Gasteiger partial charge is 0.133 e. The normalized spacial score (nSPS) is 12.7. The molecule has 0 heterocycles. The Morgan fingerprint density at radius 2 is 2.05 bits per heavy atom. The number of rotatable bonds is 8. The van der Waals surface area contributed by atoms with E-state index in [1.54, 1.807) is 7.11 Å². The van der Waals surface area contributed by atoms with Crippen molar-refractivity contribution in [1.82, 2.24) is 10.2 Å². The highest BCUT2D eigenvalue weighted by Crippen LogP contribution is 2.27. The number of ether oxygens (including phenoxy) is 1. The molecule has 0 aliphatic rings. The maximum atomic E-state index is 5.24. The number of methoxy groups -OCH3 is 1. The molecule has 19 heavy (non-hydrogen) atoms. The molecular formula is C15H25BrN2O. The van der Waals surface area contributed by atoms with E-state index in [1.165, 1.54) is 18.4 Å². The van der Waals surface area contributed by atoms with Crippen LogP contribution >= 0.6 is 15.9 Å². The van der Waals surface area contributed by atoms with E-state index in [0.717, 1.165) is 23.3 Å². The van der Waals surface area contributed by atoms with Crippen molar-refractivity contribution >= 4 is 15.9 Å². The molecule has 0 fully saturated rings. The topological polar surface area (TPSA) is 24.5 Å². The lowest BCUT2D eigenvalue weighted by molar-refractivity contribution is 0.389. The number of halogens is 1. The van der Waals surface area contributed by atoms with Crippen LogP contribution in [0.15, 0.2) is 22.7 Å². The highest BCUT2D eigenvalue weighted by Gasteiger charge is 2.07. The quantitative estimate of drug-likeness (QED) is 0.740. The number of hydrogen-bond donors (Lipinski definition) is 1. The van der Waals surface area contributed by atoms with E-state index in [-0.39, 0.29) is 0 Å². The minimum Gasteiger partial charge on any atom is -0.496 e. The molecule has 0 aromatic heterocycles. The molecule has 0 aliphatic heterocycles. The molecular weight excluding hydrogens is 304 g/mol. The maximum absolute atomic E-state index is 5.24. The third kappa shape index (κ3) is 5.93. The van der Waals surface area contributed by atoms with Gasteiger partial charge in [0.2, 0.25) is 0 Å². The largest absolute Gasteiger partial charge is 0.496 e. The van der Waals surface area contributed by atoms with E-state index in [4.69, 9.17) is 4.74 Å². The molecule has 0 bridgehead atoms. The molecule has 1 unspecified atom stereocenters. The van der Waals surface area contributed by atoms with Crippen LogP contribution in [0.25, 0.3) is 0 Å². The van der Waals surface area contributed by atoms with Crippen molar-refractivity contribution < 1.29 is 4.74 Å². The highest BCUT2D eigenvalue weighted by atomic mass is 79.9. The maximum Gasteiger partial charge on any atom is 0.133 e. The molecule has 1 aromatic carbocycles. The minimum atomic E-state index is 0.363. The average molecular weight is 329 g/mol. The number of benzene rings is 1. The molecule has 0 spiro atoms. The first-order valence-corrected chi connectivity index (χ1v) is 7.55. The third-order valence-electron chi connectivity index (χ3n) is 3.16. The zero-order valence-corrected chi connectivity index (χ0v) is 14.0. The summed E-state index contributed by atoms with van der Waals surface area (Å²) in [7, 11) is 5.92.